The fourth-order valence-electron chi connectivity index (χ4n) is 1.66. The van der Waals surface area contributed by atoms with Gasteiger partial charge in [0, 0.05) is 11.6 Å². The summed E-state index contributed by atoms with van der Waals surface area (Å²) >= 11 is 5.29. The lowest BCUT2D eigenvalue weighted by Crippen LogP contribution is -2.53. The first-order valence-corrected chi connectivity index (χ1v) is 6.33. The van der Waals surface area contributed by atoms with Crippen LogP contribution in [0.5, 0.6) is 0 Å². The maximum Gasteiger partial charge on any atom is 0.430 e. The zero-order valence-corrected chi connectivity index (χ0v) is 12.1. The van der Waals surface area contributed by atoms with E-state index in [0.29, 0.717) is 6.07 Å². The van der Waals surface area contributed by atoms with Gasteiger partial charge in [0.1, 0.15) is 11.5 Å². The molecule has 0 radical (unpaired) electrons. The molecule has 0 bridgehead atoms. The molecule has 0 aromatic heterocycles. The standard InChI is InChI=1S/C11H8ClF6N3O3/c12-4-8(19)20-6-2-1-5(3-7(6)21(23)24)9(22,10(13,14)15)11(16,17)18/h1-3,22H,4H2,(H2,19,20). The van der Waals surface area contributed by atoms with Crippen molar-refractivity contribution in [3.63, 3.8) is 0 Å². The third kappa shape index (κ3) is 3.53. The highest BCUT2D eigenvalue weighted by molar-refractivity contribution is 6.28. The Morgan fingerprint density at radius 1 is 1.25 bits per heavy atom. The van der Waals surface area contributed by atoms with E-state index in [4.69, 9.17) is 17.3 Å². The predicted octanol–water partition coefficient (Wildman–Crippen LogP) is 3.13. The molecule has 0 unspecified atom stereocenters. The van der Waals surface area contributed by atoms with Crippen LogP contribution in [0.2, 0.25) is 0 Å². The number of aliphatic hydroxyl groups is 1. The van der Waals surface area contributed by atoms with Crippen molar-refractivity contribution in [1.82, 2.24) is 0 Å². The smallest absolute Gasteiger partial charge is 0.386 e. The summed E-state index contributed by atoms with van der Waals surface area (Å²) in [4.78, 5) is 13.0. The molecule has 1 aromatic rings. The number of nitrogens with zero attached hydrogens (tertiary/aromatic N) is 2. The van der Waals surface area contributed by atoms with Crippen LogP contribution in [0.15, 0.2) is 23.2 Å². The summed E-state index contributed by atoms with van der Waals surface area (Å²) in [7, 11) is 0. The fourth-order valence-corrected chi connectivity index (χ4v) is 1.72. The van der Waals surface area contributed by atoms with E-state index in [0.717, 1.165) is 0 Å². The molecule has 24 heavy (non-hydrogen) atoms. The van der Waals surface area contributed by atoms with E-state index in [1.807, 2.05) is 0 Å². The van der Waals surface area contributed by atoms with Crippen molar-refractivity contribution >= 4 is 28.8 Å². The first-order chi connectivity index (χ1) is 10.8. The third-order valence-electron chi connectivity index (χ3n) is 2.81. The van der Waals surface area contributed by atoms with Crippen LogP contribution in [0.3, 0.4) is 0 Å². The highest BCUT2D eigenvalue weighted by Gasteiger charge is 2.71. The third-order valence-corrected chi connectivity index (χ3v) is 3.09. The minimum Gasteiger partial charge on any atom is -0.386 e. The second-order valence-electron chi connectivity index (χ2n) is 4.40. The van der Waals surface area contributed by atoms with Crippen molar-refractivity contribution in [2.75, 3.05) is 5.88 Å². The van der Waals surface area contributed by atoms with Gasteiger partial charge in [0.25, 0.3) is 11.3 Å². The molecule has 0 spiro atoms. The van der Waals surface area contributed by atoms with Crippen molar-refractivity contribution < 1.29 is 36.4 Å². The van der Waals surface area contributed by atoms with Crippen LogP contribution in [0.25, 0.3) is 0 Å². The molecule has 134 valence electrons. The maximum absolute atomic E-state index is 12.8. The Balaban J connectivity index is 3.67. The quantitative estimate of drug-likeness (QED) is 0.209. The molecule has 0 heterocycles. The van der Waals surface area contributed by atoms with Crippen molar-refractivity contribution in [2.24, 2.45) is 10.7 Å². The second kappa shape index (κ2) is 6.43. The minimum atomic E-state index is -6.17. The van der Waals surface area contributed by atoms with E-state index in [1.54, 1.807) is 0 Å². The summed E-state index contributed by atoms with van der Waals surface area (Å²) in [5.41, 5.74) is -3.68. The Kier molecular flexibility index (Phi) is 5.35. The highest BCUT2D eigenvalue weighted by atomic mass is 35.5. The number of hydrogen-bond acceptors (Lipinski definition) is 4. The molecule has 0 atom stereocenters. The SMILES string of the molecule is NC(CCl)=Nc1ccc(C(O)(C(F)(F)F)C(F)(F)F)cc1[N+](=O)[O-]. The molecule has 1 aromatic carbocycles. The van der Waals surface area contributed by atoms with Gasteiger partial charge in [-0.15, -0.1) is 11.6 Å². The molecule has 0 saturated carbocycles. The molecular formula is C11H8ClF6N3O3. The van der Waals surface area contributed by atoms with E-state index in [9.17, 15) is 41.6 Å². The van der Waals surface area contributed by atoms with E-state index in [1.165, 1.54) is 0 Å². The number of hydrogen-bond donors (Lipinski definition) is 2. The van der Waals surface area contributed by atoms with Gasteiger partial charge in [-0.05, 0) is 6.07 Å². The van der Waals surface area contributed by atoms with Gasteiger partial charge in [-0.2, -0.15) is 26.3 Å². The van der Waals surface area contributed by atoms with Crippen LogP contribution >= 0.6 is 11.6 Å². The number of nitrogens with two attached hydrogens (primary N) is 1. The van der Waals surface area contributed by atoms with Crippen LogP contribution in [-0.2, 0) is 5.60 Å². The molecule has 0 aliphatic carbocycles. The average molecular weight is 380 g/mol. The number of rotatable bonds is 4. The van der Waals surface area contributed by atoms with Crippen LogP contribution in [-0.4, -0.2) is 34.1 Å². The van der Waals surface area contributed by atoms with Crippen molar-refractivity contribution in [2.45, 2.75) is 18.0 Å². The second-order valence-corrected chi connectivity index (χ2v) is 4.67. The van der Waals surface area contributed by atoms with E-state index in [-0.39, 0.29) is 23.8 Å². The summed E-state index contributed by atoms with van der Waals surface area (Å²) in [5.74, 6) is -0.733. The Hall–Kier alpha value is -2.08. The van der Waals surface area contributed by atoms with Gasteiger partial charge in [-0.25, -0.2) is 4.99 Å². The monoisotopic (exact) mass is 379 g/mol. The molecule has 6 nitrogen and oxygen atoms in total. The minimum absolute atomic E-state index is 0.0681. The molecule has 0 fully saturated rings. The van der Waals surface area contributed by atoms with Crippen molar-refractivity contribution in [3.05, 3.63) is 33.9 Å². The molecule has 1 rings (SSSR count). The van der Waals surface area contributed by atoms with Gasteiger partial charge in [-0.1, -0.05) is 6.07 Å². The Bertz CT molecular complexity index is 660. The number of aliphatic imine (C=N–C) groups is 1. The largest absolute Gasteiger partial charge is 0.430 e. The number of nitro groups is 1. The average Bonchev–Trinajstić information content (AvgIpc) is 2.43. The Morgan fingerprint density at radius 3 is 2.12 bits per heavy atom. The lowest BCUT2D eigenvalue weighted by Gasteiger charge is -2.32. The first kappa shape index (κ1) is 20.0. The highest BCUT2D eigenvalue weighted by Crippen LogP contribution is 2.51. The predicted molar refractivity (Wildman–Crippen MR) is 71.1 cm³/mol. The number of benzene rings is 1. The van der Waals surface area contributed by atoms with Gasteiger partial charge in [0.15, 0.2) is 0 Å². The summed E-state index contributed by atoms with van der Waals surface area (Å²) in [5, 5.41) is 20.1. The number of halogens is 7. The zero-order valence-electron chi connectivity index (χ0n) is 11.3. The maximum atomic E-state index is 12.8. The summed E-state index contributed by atoms with van der Waals surface area (Å²) in [6, 6.07) is 0.644. The molecular weight excluding hydrogens is 372 g/mol. The van der Waals surface area contributed by atoms with Gasteiger partial charge < -0.3 is 10.8 Å². The molecule has 0 aliphatic rings. The first-order valence-electron chi connectivity index (χ1n) is 5.79. The van der Waals surface area contributed by atoms with Crippen molar-refractivity contribution in [3.8, 4) is 0 Å². The van der Waals surface area contributed by atoms with E-state index >= 15 is 0 Å². The zero-order chi connectivity index (χ0) is 18.9. The fraction of sp³-hybridized carbons (Fsp3) is 0.364. The van der Waals surface area contributed by atoms with Crippen LogP contribution in [0.4, 0.5) is 37.7 Å². The number of alkyl halides is 7. The molecule has 0 amide bonds. The molecule has 3 N–H and O–H groups in total. The summed E-state index contributed by atoms with van der Waals surface area (Å²) in [6.45, 7) is 0. The van der Waals surface area contributed by atoms with Gasteiger partial charge in [-0.3, -0.25) is 10.1 Å². The topological polar surface area (TPSA) is 102 Å². The molecule has 0 aliphatic heterocycles. The Morgan fingerprint density at radius 2 is 1.75 bits per heavy atom. The number of amidine groups is 1. The van der Waals surface area contributed by atoms with Gasteiger partial charge in [0.05, 0.1) is 10.8 Å². The van der Waals surface area contributed by atoms with Crippen molar-refractivity contribution in [1.29, 1.82) is 0 Å². The molecule has 13 heteroatoms. The lowest BCUT2D eigenvalue weighted by atomic mass is 9.91. The van der Waals surface area contributed by atoms with E-state index in [2.05, 4.69) is 4.99 Å². The number of nitro benzene ring substituents is 1. The summed E-state index contributed by atoms with van der Waals surface area (Å²) < 4.78 is 76.7. The van der Waals surface area contributed by atoms with Gasteiger partial charge in [0.2, 0.25) is 0 Å². The summed E-state index contributed by atoms with van der Waals surface area (Å²) in [6.07, 6.45) is -12.3. The normalized spacial score (nSPS) is 13.9. The van der Waals surface area contributed by atoms with Crippen LogP contribution in [0.1, 0.15) is 5.56 Å². The van der Waals surface area contributed by atoms with E-state index < -0.39 is 39.8 Å². The Labute approximate surface area is 134 Å². The van der Waals surface area contributed by atoms with Crippen LogP contribution in [0, 0.1) is 10.1 Å². The molecule has 0 saturated heterocycles. The lowest BCUT2D eigenvalue weighted by molar-refractivity contribution is -0.386. The van der Waals surface area contributed by atoms with Crippen LogP contribution < -0.4 is 5.73 Å². The van der Waals surface area contributed by atoms with Gasteiger partial charge >= 0.3 is 12.4 Å².